The van der Waals surface area contributed by atoms with E-state index >= 15 is 0 Å². The van der Waals surface area contributed by atoms with E-state index in [2.05, 4.69) is 10.6 Å². The van der Waals surface area contributed by atoms with Crippen LogP contribution in [0.1, 0.15) is 28.4 Å². The highest BCUT2D eigenvalue weighted by atomic mass is 32.1. The van der Waals surface area contributed by atoms with E-state index in [-0.39, 0.29) is 22.8 Å². The Morgan fingerprint density at radius 2 is 2.03 bits per heavy atom. The third-order valence-electron chi connectivity index (χ3n) is 4.53. The van der Waals surface area contributed by atoms with Crippen molar-refractivity contribution in [2.75, 3.05) is 13.2 Å². The van der Waals surface area contributed by atoms with E-state index in [9.17, 15) is 18.8 Å². The topological polar surface area (TPSA) is 107 Å². The lowest BCUT2D eigenvalue weighted by molar-refractivity contribution is -0.139. The van der Waals surface area contributed by atoms with Gasteiger partial charge in [-0.25, -0.2) is 18.8 Å². The van der Waals surface area contributed by atoms with Gasteiger partial charge in [0.2, 0.25) is 0 Å². The number of urea groups is 1. The number of carbonyl (C=O) groups is 3. The standard InChI is InChI=1S/C21H17FN2O6S/c1-2-28-20(26)17-13(23-21(27)24-18(17)14-6-4-8-29-14)10-30-19(25)16-9-11-12(22)5-3-7-15(11)31-16/h3-9,18H,2,10H2,1H3,(H2,23,24,27). The number of hydrogen-bond acceptors (Lipinski definition) is 7. The van der Waals surface area contributed by atoms with Crippen LogP contribution in [0.25, 0.3) is 10.1 Å². The van der Waals surface area contributed by atoms with Gasteiger partial charge in [-0.3, -0.25) is 0 Å². The van der Waals surface area contributed by atoms with Crippen molar-refractivity contribution in [2.24, 2.45) is 0 Å². The minimum atomic E-state index is -0.907. The lowest BCUT2D eigenvalue weighted by Gasteiger charge is -2.27. The lowest BCUT2D eigenvalue weighted by Crippen LogP contribution is -2.47. The maximum Gasteiger partial charge on any atom is 0.348 e. The van der Waals surface area contributed by atoms with Gasteiger partial charge in [-0.1, -0.05) is 6.07 Å². The number of ether oxygens (including phenoxy) is 2. The highest BCUT2D eigenvalue weighted by molar-refractivity contribution is 7.20. The summed E-state index contributed by atoms with van der Waals surface area (Å²) in [5.74, 6) is -1.52. The van der Waals surface area contributed by atoms with Crippen LogP contribution in [0.15, 0.2) is 58.3 Å². The van der Waals surface area contributed by atoms with Crippen molar-refractivity contribution in [1.29, 1.82) is 0 Å². The molecule has 1 aliphatic heterocycles. The molecule has 8 nitrogen and oxygen atoms in total. The zero-order valence-corrected chi connectivity index (χ0v) is 17.1. The minimum Gasteiger partial charge on any atom is -0.467 e. The average Bonchev–Trinajstić information content (AvgIpc) is 3.42. The Labute approximate surface area is 179 Å². The van der Waals surface area contributed by atoms with Gasteiger partial charge in [0, 0.05) is 10.1 Å². The van der Waals surface area contributed by atoms with Gasteiger partial charge < -0.3 is 24.5 Å². The van der Waals surface area contributed by atoms with Gasteiger partial charge in [0.1, 0.15) is 29.1 Å². The second-order valence-corrected chi connectivity index (χ2v) is 7.58. The van der Waals surface area contributed by atoms with Crippen molar-refractivity contribution < 1.29 is 32.7 Å². The molecule has 0 spiro atoms. The van der Waals surface area contributed by atoms with E-state index in [0.717, 1.165) is 11.3 Å². The van der Waals surface area contributed by atoms with E-state index in [4.69, 9.17) is 13.9 Å². The zero-order valence-electron chi connectivity index (χ0n) is 16.3. The number of rotatable bonds is 6. The fourth-order valence-electron chi connectivity index (χ4n) is 3.19. The van der Waals surface area contributed by atoms with E-state index in [1.165, 1.54) is 18.4 Å². The first kappa shape index (κ1) is 20.6. The van der Waals surface area contributed by atoms with Crippen molar-refractivity contribution in [1.82, 2.24) is 10.6 Å². The summed E-state index contributed by atoms with van der Waals surface area (Å²) in [7, 11) is 0. The van der Waals surface area contributed by atoms with Crippen LogP contribution in [0.3, 0.4) is 0 Å². The van der Waals surface area contributed by atoms with E-state index in [1.807, 2.05) is 0 Å². The van der Waals surface area contributed by atoms with Crippen LogP contribution in [0.5, 0.6) is 0 Å². The summed E-state index contributed by atoms with van der Waals surface area (Å²) in [6.07, 6.45) is 1.41. The number of halogens is 1. The maximum absolute atomic E-state index is 13.9. The molecule has 0 fully saturated rings. The van der Waals surface area contributed by atoms with Crippen molar-refractivity contribution in [2.45, 2.75) is 13.0 Å². The number of thiophene rings is 1. The number of carbonyl (C=O) groups excluding carboxylic acids is 3. The van der Waals surface area contributed by atoms with E-state index < -0.39 is 36.4 Å². The molecule has 1 aliphatic rings. The first-order chi connectivity index (χ1) is 15.0. The second kappa shape index (κ2) is 8.60. The number of furan rings is 1. The molecule has 3 aromatic rings. The Kier molecular flexibility index (Phi) is 5.72. The first-order valence-corrected chi connectivity index (χ1v) is 10.2. The molecule has 3 heterocycles. The van der Waals surface area contributed by atoms with Crippen LogP contribution in [0.4, 0.5) is 9.18 Å². The zero-order chi connectivity index (χ0) is 22.0. The van der Waals surface area contributed by atoms with Crippen LogP contribution < -0.4 is 10.6 Å². The summed E-state index contributed by atoms with van der Waals surface area (Å²) in [5.41, 5.74) is 0.135. The number of hydrogen-bond donors (Lipinski definition) is 2. The van der Waals surface area contributed by atoms with Gasteiger partial charge in [0.15, 0.2) is 0 Å². The van der Waals surface area contributed by atoms with E-state index in [0.29, 0.717) is 15.8 Å². The van der Waals surface area contributed by atoms with Gasteiger partial charge >= 0.3 is 18.0 Å². The van der Waals surface area contributed by atoms with Gasteiger partial charge in [0.05, 0.1) is 24.1 Å². The Morgan fingerprint density at radius 3 is 2.74 bits per heavy atom. The molecule has 0 aliphatic carbocycles. The number of fused-ring (bicyclic) bond motifs is 1. The van der Waals surface area contributed by atoms with Crippen LogP contribution in [0.2, 0.25) is 0 Å². The molecule has 2 amide bonds. The number of esters is 2. The molecule has 2 N–H and O–H groups in total. The van der Waals surface area contributed by atoms with Gasteiger partial charge in [-0.15, -0.1) is 11.3 Å². The molecule has 4 rings (SSSR count). The molecule has 31 heavy (non-hydrogen) atoms. The van der Waals surface area contributed by atoms with Crippen LogP contribution in [-0.4, -0.2) is 31.2 Å². The van der Waals surface area contributed by atoms with Crippen LogP contribution >= 0.6 is 11.3 Å². The fraction of sp³-hybridized carbons (Fsp3) is 0.190. The smallest absolute Gasteiger partial charge is 0.348 e. The molecule has 1 atom stereocenters. The third kappa shape index (κ3) is 4.15. The highest BCUT2D eigenvalue weighted by Gasteiger charge is 2.35. The molecule has 1 unspecified atom stereocenters. The molecule has 160 valence electrons. The Hall–Kier alpha value is -3.66. The summed E-state index contributed by atoms with van der Waals surface area (Å²) >= 11 is 1.08. The van der Waals surface area contributed by atoms with Crippen molar-refractivity contribution in [3.05, 3.63) is 70.4 Å². The number of nitrogens with one attached hydrogen (secondary N) is 2. The third-order valence-corrected chi connectivity index (χ3v) is 5.61. The molecule has 0 saturated heterocycles. The average molecular weight is 444 g/mol. The largest absolute Gasteiger partial charge is 0.467 e. The van der Waals surface area contributed by atoms with E-state index in [1.54, 1.807) is 31.2 Å². The number of amides is 2. The van der Waals surface area contributed by atoms with Crippen LogP contribution in [-0.2, 0) is 14.3 Å². The summed E-state index contributed by atoms with van der Waals surface area (Å²) in [4.78, 5) is 37.5. The lowest BCUT2D eigenvalue weighted by atomic mass is 10.0. The van der Waals surface area contributed by atoms with Crippen molar-refractivity contribution in [3.63, 3.8) is 0 Å². The van der Waals surface area contributed by atoms with Gasteiger partial charge in [-0.05, 0) is 37.3 Å². The fourth-order valence-corrected chi connectivity index (χ4v) is 4.15. The van der Waals surface area contributed by atoms with Crippen molar-refractivity contribution in [3.8, 4) is 0 Å². The predicted molar refractivity (Wildman–Crippen MR) is 109 cm³/mol. The highest BCUT2D eigenvalue weighted by Crippen LogP contribution is 2.30. The number of benzene rings is 1. The quantitative estimate of drug-likeness (QED) is 0.562. The summed E-state index contributed by atoms with van der Waals surface area (Å²) in [6.45, 7) is 1.37. The normalized spacial score (nSPS) is 16.1. The summed E-state index contributed by atoms with van der Waals surface area (Å²) in [5, 5.41) is 5.41. The predicted octanol–water partition coefficient (Wildman–Crippen LogP) is 3.66. The first-order valence-electron chi connectivity index (χ1n) is 9.34. The second-order valence-electron chi connectivity index (χ2n) is 6.50. The van der Waals surface area contributed by atoms with Crippen molar-refractivity contribution >= 4 is 39.4 Å². The minimum absolute atomic E-state index is 0.0617. The molecule has 2 aromatic heterocycles. The molecule has 1 aromatic carbocycles. The molecular weight excluding hydrogens is 427 g/mol. The monoisotopic (exact) mass is 444 g/mol. The maximum atomic E-state index is 13.9. The Bertz CT molecular complexity index is 1180. The Morgan fingerprint density at radius 1 is 1.19 bits per heavy atom. The molecule has 0 bridgehead atoms. The summed E-state index contributed by atoms with van der Waals surface area (Å²) in [6, 6.07) is 7.68. The Balaban J connectivity index is 1.61. The molecular formula is C21H17FN2O6S. The van der Waals surface area contributed by atoms with Crippen LogP contribution in [0, 0.1) is 5.82 Å². The molecule has 0 radical (unpaired) electrons. The summed E-state index contributed by atoms with van der Waals surface area (Å²) < 4.78 is 30.3. The van der Waals surface area contributed by atoms with Gasteiger partial charge in [-0.2, -0.15) is 0 Å². The SMILES string of the molecule is CCOC(=O)C1=C(COC(=O)c2cc3c(F)cccc3s2)NC(=O)NC1c1ccco1. The molecule has 10 heteroatoms. The molecule has 0 saturated carbocycles. The van der Waals surface area contributed by atoms with Gasteiger partial charge in [0.25, 0.3) is 0 Å².